The maximum Gasteiger partial charge on any atom is 0.320 e. The van der Waals surface area contributed by atoms with Crippen molar-refractivity contribution in [3.05, 3.63) is 35.9 Å². The lowest BCUT2D eigenvalue weighted by Gasteiger charge is -2.27. The molecule has 1 saturated carbocycles. The van der Waals surface area contributed by atoms with Crippen LogP contribution in [0.3, 0.4) is 0 Å². The van der Waals surface area contributed by atoms with Crippen LogP contribution in [0.5, 0.6) is 0 Å². The SMILES string of the molecule is O=C(CN1CCC[C@H]1C(=O)O)N[C@@H](c1ccccc1)C1CCCC1. The van der Waals surface area contributed by atoms with Crippen molar-refractivity contribution in [3.63, 3.8) is 0 Å². The van der Waals surface area contributed by atoms with E-state index < -0.39 is 12.0 Å². The molecule has 2 atom stereocenters. The van der Waals surface area contributed by atoms with Gasteiger partial charge < -0.3 is 10.4 Å². The van der Waals surface area contributed by atoms with E-state index in [4.69, 9.17) is 0 Å². The summed E-state index contributed by atoms with van der Waals surface area (Å²) < 4.78 is 0. The van der Waals surface area contributed by atoms with Crippen molar-refractivity contribution in [2.75, 3.05) is 13.1 Å². The molecule has 1 aromatic carbocycles. The van der Waals surface area contributed by atoms with Crippen LogP contribution in [0.25, 0.3) is 0 Å². The van der Waals surface area contributed by atoms with E-state index in [0.29, 0.717) is 18.9 Å². The standard InChI is InChI=1S/C19H26N2O3/c22-17(13-21-12-6-11-16(21)19(23)24)20-18(15-9-4-5-10-15)14-7-2-1-3-8-14/h1-3,7-8,15-16,18H,4-6,9-13H2,(H,20,22)(H,23,24)/t16-,18-/m0/s1. The molecule has 1 amide bonds. The number of benzene rings is 1. The highest BCUT2D eigenvalue weighted by atomic mass is 16.4. The molecule has 2 N–H and O–H groups in total. The first-order chi connectivity index (χ1) is 11.6. The van der Waals surface area contributed by atoms with Crippen molar-refractivity contribution >= 4 is 11.9 Å². The van der Waals surface area contributed by atoms with E-state index in [1.165, 1.54) is 12.8 Å². The van der Waals surface area contributed by atoms with Crippen LogP contribution in [0, 0.1) is 5.92 Å². The third-order valence-electron chi connectivity index (χ3n) is 5.34. The number of hydrogen-bond acceptors (Lipinski definition) is 3. The molecular weight excluding hydrogens is 304 g/mol. The summed E-state index contributed by atoms with van der Waals surface area (Å²) in [7, 11) is 0. The fraction of sp³-hybridized carbons (Fsp3) is 0.579. The Morgan fingerprint density at radius 3 is 2.50 bits per heavy atom. The van der Waals surface area contributed by atoms with Crippen LogP contribution in [-0.4, -0.2) is 41.0 Å². The maximum absolute atomic E-state index is 12.6. The second-order valence-corrected chi connectivity index (χ2v) is 6.97. The Morgan fingerprint density at radius 1 is 1.12 bits per heavy atom. The van der Waals surface area contributed by atoms with Crippen LogP contribution in [0.1, 0.15) is 50.1 Å². The van der Waals surface area contributed by atoms with Crippen LogP contribution in [0.4, 0.5) is 0 Å². The largest absolute Gasteiger partial charge is 0.480 e. The van der Waals surface area contributed by atoms with Gasteiger partial charge in [0.05, 0.1) is 12.6 Å². The smallest absolute Gasteiger partial charge is 0.320 e. The molecule has 5 nitrogen and oxygen atoms in total. The average Bonchev–Trinajstić information content (AvgIpc) is 3.25. The van der Waals surface area contributed by atoms with Gasteiger partial charge in [-0.25, -0.2) is 0 Å². The quantitative estimate of drug-likeness (QED) is 0.841. The number of aliphatic carboxylic acids is 1. The Labute approximate surface area is 143 Å². The van der Waals surface area contributed by atoms with E-state index in [0.717, 1.165) is 24.8 Å². The second kappa shape index (κ2) is 7.79. The Balaban J connectivity index is 1.66. The van der Waals surface area contributed by atoms with Crippen LogP contribution in [0.2, 0.25) is 0 Å². The molecule has 2 fully saturated rings. The van der Waals surface area contributed by atoms with Crippen LogP contribution >= 0.6 is 0 Å². The summed E-state index contributed by atoms with van der Waals surface area (Å²) in [5, 5.41) is 12.4. The van der Waals surface area contributed by atoms with Crippen molar-refractivity contribution in [3.8, 4) is 0 Å². The molecule has 1 heterocycles. The van der Waals surface area contributed by atoms with Crippen molar-refractivity contribution < 1.29 is 14.7 Å². The molecule has 0 spiro atoms. The first-order valence-corrected chi connectivity index (χ1v) is 8.96. The van der Waals surface area contributed by atoms with Gasteiger partial charge in [-0.2, -0.15) is 0 Å². The Kier molecular flexibility index (Phi) is 5.51. The number of carboxylic acids is 1. The topological polar surface area (TPSA) is 69.6 Å². The summed E-state index contributed by atoms with van der Waals surface area (Å²) in [5.41, 5.74) is 1.15. The molecule has 130 valence electrons. The normalized spacial score (nSPS) is 23.2. The predicted molar refractivity (Wildman–Crippen MR) is 91.5 cm³/mol. The van der Waals surface area contributed by atoms with E-state index in [1.807, 2.05) is 18.2 Å². The van der Waals surface area contributed by atoms with Gasteiger partial charge in [0.1, 0.15) is 6.04 Å². The minimum atomic E-state index is -0.823. The molecule has 0 aromatic heterocycles. The summed E-state index contributed by atoms with van der Waals surface area (Å²) >= 11 is 0. The number of carbonyl (C=O) groups excluding carboxylic acids is 1. The summed E-state index contributed by atoms with van der Waals surface area (Å²) in [6, 6.07) is 9.65. The minimum absolute atomic E-state index is 0.0343. The number of nitrogens with one attached hydrogen (secondary N) is 1. The Morgan fingerprint density at radius 2 is 1.83 bits per heavy atom. The van der Waals surface area contributed by atoms with Gasteiger partial charge in [0.15, 0.2) is 0 Å². The third-order valence-corrected chi connectivity index (χ3v) is 5.34. The van der Waals surface area contributed by atoms with Gasteiger partial charge in [-0.05, 0) is 43.7 Å². The summed E-state index contributed by atoms with van der Waals surface area (Å²) in [6.45, 7) is 0.858. The highest BCUT2D eigenvalue weighted by Crippen LogP contribution is 2.35. The lowest BCUT2D eigenvalue weighted by atomic mass is 9.91. The number of carbonyl (C=O) groups is 2. The molecule has 1 aliphatic carbocycles. The van der Waals surface area contributed by atoms with E-state index >= 15 is 0 Å². The number of carboxylic acid groups (broad SMARTS) is 1. The minimum Gasteiger partial charge on any atom is -0.480 e. The third kappa shape index (κ3) is 3.96. The van der Waals surface area contributed by atoms with Crippen molar-refractivity contribution in [2.24, 2.45) is 5.92 Å². The molecule has 3 rings (SSSR count). The predicted octanol–water partition coefficient (Wildman–Crippen LogP) is 2.58. The fourth-order valence-electron chi connectivity index (χ4n) is 4.12. The van der Waals surface area contributed by atoms with E-state index in [-0.39, 0.29) is 18.5 Å². The summed E-state index contributed by atoms with van der Waals surface area (Å²) in [6.07, 6.45) is 6.19. The molecule has 24 heavy (non-hydrogen) atoms. The van der Waals surface area contributed by atoms with Gasteiger partial charge in [0.25, 0.3) is 0 Å². The number of rotatable bonds is 6. The van der Waals surface area contributed by atoms with Gasteiger partial charge in [0, 0.05) is 0 Å². The first-order valence-electron chi connectivity index (χ1n) is 8.96. The molecule has 1 aliphatic heterocycles. The number of hydrogen-bond donors (Lipinski definition) is 2. The lowest BCUT2D eigenvalue weighted by molar-refractivity contribution is -0.142. The molecule has 0 radical (unpaired) electrons. The molecular formula is C19H26N2O3. The Bertz CT molecular complexity index is 569. The first kappa shape index (κ1) is 17.0. The fourth-order valence-corrected chi connectivity index (χ4v) is 4.12. The molecule has 0 bridgehead atoms. The number of amides is 1. The van der Waals surface area contributed by atoms with E-state index in [9.17, 15) is 14.7 Å². The lowest BCUT2D eigenvalue weighted by Crippen LogP contribution is -2.44. The zero-order valence-electron chi connectivity index (χ0n) is 14.0. The van der Waals surface area contributed by atoms with Crippen LogP contribution in [-0.2, 0) is 9.59 Å². The van der Waals surface area contributed by atoms with E-state index in [1.54, 1.807) is 4.90 Å². The maximum atomic E-state index is 12.6. The number of nitrogens with zero attached hydrogens (tertiary/aromatic N) is 1. The van der Waals surface area contributed by atoms with E-state index in [2.05, 4.69) is 17.4 Å². The molecule has 1 saturated heterocycles. The molecule has 1 aromatic rings. The van der Waals surface area contributed by atoms with Crippen LogP contribution < -0.4 is 5.32 Å². The monoisotopic (exact) mass is 330 g/mol. The van der Waals surface area contributed by atoms with Crippen molar-refractivity contribution in [1.29, 1.82) is 0 Å². The Hall–Kier alpha value is -1.88. The van der Waals surface area contributed by atoms with Crippen molar-refractivity contribution in [2.45, 2.75) is 50.6 Å². The van der Waals surface area contributed by atoms with Gasteiger partial charge in [-0.3, -0.25) is 14.5 Å². The molecule has 5 heteroatoms. The summed E-state index contributed by atoms with van der Waals surface area (Å²) in [5.74, 6) is -0.412. The zero-order chi connectivity index (χ0) is 16.9. The van der Waals surface area contributed by atoms with Gasteiger partial charge in [0.2, 0.25) is 5.91 Å². The van der Waals surface area contributed by atoms with Gasteiger partial charge in [-0.1, -0.05) is 43.2 Å². The van der Waals surface area contributed by atoms with Crippen LogP contribution in [0.15, 0.2) is 30.3 Å². The van der Waals surface area contributed by atoms with Gasteiger partial charge in [-0.15, -0.1) is 0 Å². The highest BCUT2D eigenvalue weighted by Gasteiger charge is 2.33. The average molecular weight is 330 g/mol. The van der Waals surface area contributed by atoms with Gasteiger partial charge >= 0.3 is 5.97 Å². The molecule has 0 unspecified atom stereocenters. The highest BCUT2D eigenvalue weighted by molar-refractivity contribution is 5.80. The second-order valence-electron chi connectivity index (χ2n) is 6.97. The van der Waals surface area contributed by atoms with Crippen molar-refractivity contribution in [1.82, 2.24) is 10.2 Å². The summed E-state index contributed by atoms with van der Waals surface area (Å²) in [4.78, 5) is 25.6. The molecule has 2 aliphatic rings. The zero-order valence-corrected chi connectivity index (χ0v) is 14.0. The number of likely N-dealkylation sites (tertiary alicyclic amines) is 1.